The van der Waals surface area contributed by atoms with Gasteiger partial charge in [0, 0.05) is 39.3 Å². The highest BCUT2D eigenvalue weighted by Crippen LogP contribution is 2.25. The van der Waals surface area contributed by atoms with Crippen molar-refractivity contribution in [2.24, 2.45) is 0 Å². The Balaban J connectivity index is 2.23. The predicted molar refractivity (Wildman–Crippen MR) is 82.6 cm³/mol. The fourth-order valence-electron chi connectivity index (χ4n) is 2.14. The molecular formula is C12H15BrClN3O3S. The number of hydrogen-bond acceptors (Lipinski definition) is 4. The van der Waals surface area contributed by atoms with Gasteiger partial charge in [-0.15, -0.1) is 0 Å². The second-order valence-electron chi connectivity index (χ2n) is 4.71. The number of carbonyl (C=O) groups excluding carboxylic acids is 1. The van der Waals surface area contributed by atoms with Crippen LogP contribution in [0.5, 0.6) is 0 Å². The molecular weight excluding hydrogens is 382 g/mol. The van der Waals surface area contributed by atoms with Crippen LogP contribution in [-0.4, -0.2) is 54.7 Å². The Hall–Kier alpha value is -0.700. The number of aromatic nitrogens is 1. The van der Waals surface area contributed by atoms with Crippen molar-refractivity contribution in [2.45, 2.75) is 18.2 Å². The highest BCUT2D eigenvalue weighted by atomic mass is 79.9. The average molecular weight is 397 g/mol. The molecule has 1 amide bonds. The molecule has 1 fully saturated rings. The summed E-state index contributed by atoms with van der Waals surface area (Å²) in [5, 5.41) is 0.215. The van der Waals surface area contributed by atoms with E-state index >= 15 is 0 Å². The molecule has 0 bridgehead atoms. The van der Waals surface area contributed by atoms with Crippen molar-refractivity contribution in [1.82, 2.24) is 14.2 Å². The minimum Gasteiger partial charge on any atom is -0.342 e. The lowest BCUT2D eigenvalue weighted by molar-refractivity contribution is -0.128. The van der Waals surface area contributed by atoms with Crippen LogP contribution in [0.1, 0.15) is 13.3 Å². The van der Waals surface area contributed by atoms with Gasteiger partial charge in [-0.05, 0) is 28.4 Å². The summed E-state index contributed by atoms with van der Waals surface area (Å²) in [7, 11) is -3.63. The van der Waals surface area contributed by atoms with Gasteiger partial charge in [-0.25, -0.2) is 13.4 Å². The Morgan fingerprint density at radius 2 is 2.05 bits per heavy atom. The molecule has 0 saturated carbocycles. The topological polar surface area (TPSA) is 70.6 Å². The van der Waals surface area contributed by atoms with E-state index in [-0.39, 0.29) is 22.5 Å². The third kappa shape index (κ3) is 3.74. The fourth-order valence-corrected chi connectivity index (χ4v) is 4.19. The zero-order valence-corrected chi connectivity index (χ0v) is 14.6. The molecule has 116 valence electrons. The third-order valence-corrected chi connectivity index (χ3v) is 6.31. The molecule has 9 heteroatoms. The maximum Gasteiger partial charge on any atom is 0.244 e. The second-order valence-corrected chi connectivity index (χ2v) is 7.86. The van der Waals surface area contributed by atoms with Gasteiger partial charge in [0.15, 0.2) is 0 Å². The summed E-state index contributed by atoms with van der Waals surface area (Å²) in [4.78, 5) is 17.0. The quantitative estimate of drug-likeness (QED) is 0.714. The van der Waals surface area contributed by atoms with Crippen molar-refractivity contribution in [1.29, 1.82) is 0 Å². The lowest BCUT2D eigenvalue weighted by Gasteiger charge is -2.21. The summed E-state index contributed by atoms with van der Waals surface area (Å²) < 4.78 is 27.0. The highest BCUT2D eigenvalue weighted by molar-refractivity contribution is 9.10. The van der Waals surface area contributed by atoms with Crippen molar-refractivity contribution in [3.63, 3.8) is 0 Å². The molecule has 1 saturated heterocycles. The van der Waals surface area contributed by atoms with Crippen LogP contribution in [0.3, 0.4) is 0 Å². The van der Waals surface area contributed by atoms with Gasteiger partial charge in [0.25, 0.3) is 0 Å². The van der Waals surface area contributed by atoms with Gasteiger partial charge in [0.1, 0.15) is 10.0 Å². The van der Waals surface area contributed by atoms with Crippen molar-refractivity contribution in [3.8, 4) is 0 Å². The van der Waals surface area contributed by atoms with Crippen LogP contribution in [0.25, 0.3) is 0 Å². The van der Waals surface area contributed by atoms with E-state index in [1.54, 1.807) is 4.90 Å². The van der Waals surface area contributed by atoms with Crippen LogP contribution < -0.4 is 0 Å². The second kappa shape index (κ2) is 6.60. The molecule has 0 unspecified atom stereocenters. The maximum absolute atomic E-state index is 12.6. The number of carbonyl (C=O) groups is 1. The zero-order chi connectivity index (χ0) is 15.6. The monoisotopic (exact) mass is 395 g/mol. The van der Waals surface area contributed by atoms with Gasteiger partial charge in [0.05, 0.1) is 4.47 Å². The lowest BCUT2D eigenvalue weighted by Crippen LogP contribution is -2.36. The van der Waals surface area contributed by atoms with Crippen molar-refractivity contribution >= 4 is 43.5 Å². The number of pyridine rings is 1. The summed E-state index contributed by atoms with van der Waals surface area (Å²) in [6, 6.07) is 1.44. The van der Waals surface area contributed by atoms with E-state index in [1.165, 1.54) is 23.5 Å². The van der Waals surface area contributed by atoms with E-state index in [2.05, 4.69) is 20.9 Å². The van der Waals surface area contributed by atoms with Crippen LogP contribution in [0.4, 0.5) is 0 Å². The first-order valence-electron chi connectivity index (χ1n) is 6.39. The Morgan fingerprint density at radius 3 is 2.67 bits per heavy atom. The molecule has 1 aromatic rings. The predicted octanol–water partition coefficient (Wildman–Crippen LogP) is 1.74. The third-order valence-electron chi connectivity index (χ3n) is 3.31. The Morgan fingerprint density at radius 1 is 1.33 bits per heavy atom. The number of nitrogens with zero attached hydrogens (tertiary/aromatic N) is 3. The van der Waals surface area contributed by atoms with Gasteiger partial charge >= 0.3 is 0 Å². The maximum atomic E-state index is 12.6. The zero-order valence-electron chi connectivity index (χ0n) is 11.4. The molecule has 6 nitrogen and oxygen atoms in total. The first kappa shape index (κ1) is 16.7. The van der Waals surface area contributed by atoms with Crippen LogP contribution in [-0.2, 0) is 14.8 Å². The van der Waals surface area contributed by atoms with Crippen LogP contribution in [0, 0.1) is 0 Å². The van der Waals surface area contributed by atoms with Crippen molar-refractivity contribution in [3.05, 3.63) is 21.9 Å². The van der Waals surface area contributed by atoms with Gasteiger partial charge in [-0.1, -0.05) is 11.6 Å². The fraction of sp³-hybridized carbons (Fsp3) is 0.500. The standard InChI is InChI=1S/C12H15BrClN3O3S/c1-9(18)16-3-2-4-17(6-5-16)21(19,20)10-7-11(13)12(14)15-8-10/h7-8H,2-6H2,1H3. The molecule has 0 atom stereocenters. The Kier molecular flexibility index (Phi) is 5.24. The van der Waals surface area contributed by atoms with Crippen LogP contribution >= 0.6 is 27.5 Å². The molecule has 1 aliphatic heterocycles. The first-order valence-corrected chi connectivity index (χ1v) is 9.00. The molecule has 0 N–H and O–H groups in total. The summed E-state index contributed by atoms with van der Waals surface area (Å²) >= 11 is 8.96. The van der Waals surface area contributed by atoms with E-state index in [0.717, 1.165) is 0 Å². The van der Waals surface area contributed by atoms with E-state index in [9.17, 15) is 13.2 Å². The molecule has 0 radical (unpaired) electrons. The minimum absolute atomic E-state index is 0.0369. The van der Waals surface area contributed by atoms with E-state index in [4.69, 9.17) is 11.6 Å². The van der Waals surface area contributed by atoms with Crippen LogP contribution in [0.15, 0.2) is 21.6 Å². The Labute approximate surface area is 137 Å². The summed E-state index contributed by atoms with van der Waals surface area (Å²) in [6.45, 7) is 3.12. The van der Waals surface area contributed by atoms with E-state index in [0.29, 0.717) is 30.5 Å². The molecule has 21 heavy (non-hydrogen) atoms. The van der Waals surface area contributed by atoms with Gasteiger partial charge in [0.2, 0.25) is 15.9 Å². The van der Waals surface area contributed by atoms with Crippen LogP contribution in [0.2, 0.25) is 5.15 Å². The minimum atomic E-state index is -3.63. The smallest absolute Gasteiger partial charge is 0.244 e. The van der Waals surface area contributed by atoms with Crippen molar-refractivity contribution in [2.75, 3.05) is 26.2 Å². The molecule has 1 aliphatic rings. The largest absolute Gasteiger partial charge is 0.342 e. The summed E-state index contributed by atoms with van der Waals surface area (Å²) in [6.07, 6.45) is 1.86. The van der Waals surface area contributed by atoms with E-state index < -0.39 is 10.0 Å². The normalized spacial score (nSPS) is 17.6. The lowest BCUT2D eigenvalue weighted by atomic mass is 10.4. The molecule has 2 heterocycles. The highest BCUT2D eigenvalue weighted by Gasteiger charge is 2.28. The van der Waals surface area contributed by atoms with Crippen molar-refractivity contribution < 1.29 is 13.2 Å². The van der Waals surface area contributed by atoms with Gasteiger partial charge in [-0.2, -0.15) is 4.31 Å². The molecule has 0 aliphatic carbocycles. The summed E-state index contributed by atoms with van der Waals surface area (Å²) in [5.41, 5.74) is 0. The molecule has 2 rings (SSSR count). The number of halogens is 2. The summed E-state index contributed by atoms with van der Waals surface area (Å²) in [5.74, 6) is -0.0369. The van der Waals surface area contributed by atoms with Gasteiger partial charge in [-0.3, -0.25) is 4.79 Å². The first-order chi connectivity index (χ1) is 9.82. The van der Waals surface area contributed by atoms with Gasteiger partial charge < -0.3 is 4.90 Å². The number of amides is 1. The average Bonchev–Trinajstić information content (AvgIpc) is 2.68. The number of sulfonamides is 1. The van der Waals surface area contributed by atoms with E-state index in [1.807, 2.05) is 0 Å². The number of rotatable bonds is 2. The molecule has 0 spiro atoms. The molecule has 0 aromatic carbocycles. The molecule has 1 aromatic heterocycles. The SMILES string of the molecule is CC(=O)N1CCCN(S(=O)(=O)c2cnc(Cl)c(Br)c2)CC1. The Bertz CT molecular complexity index is 653. The number of hydrogen-bond donors (Lipinski definition) is 0.